The molecule has 5 heteroatoms. The van der Waals surface area contributed by atoms with Crippen molar-refractivity contribution >= 4 is 11.8 Å². The van der Waals surface area contributed by atoms with Crippen molar-refractivity contribution in [3.05, 3.63) is 0 Å². The van der Waals surface area contributed by atoms with Crippen LogP contribution in [0.2, 0.25) is 0 Å². The number of carbonyl (C=O) groups excluding carboxylic acids is 2. The fourth-order valence-electron chi connectivity index (χ4n) is 1.84. The highest BCUT2D eigenvalue weighted by atomic mass is 16.3. The summed E-state index contributed by atoms with van der Waals surface area (Å²) in [5.41, 5.74) is 0. The lowest BCUT2D eigenvalue weighted by atomic mass is 10.1. The van der Waals surface area contributed by atoms with Crippen LogP contribution in [0, 0.1) is 5.92 Å². The molecular formula is C11H20N2O3. The standard InChI is InChI=1S/C11H20N2O3/c1-13(5-3-2-4-6-14)11(16)9-7-10(15)12-8-9/h9,14H,2-8H2,1H3,(H,12,15). The van der Waals surface area contributed by atoms with E-state index in [0.717, 1.165) is 19.3 Å². The summed E-state index contributed by atoms with van der Waals surface area (Å²) in [6.45, 7) is 1.38. The molecule has 1 atom stereocenters. The number of carbonyl (C=O) groups is 2. The SMILES string of the molecule is CN(CCCCCO)C(=O)C1CNC(=O)C1. The first kappa shape index (κ1) is 13.0. The fourth-order valence-corrected chi connectivity index (χ4v) is 1.84. The van der Waals surface area contributed by atoms with Gasteiger partial charge >= 0.3 is 0 Å². The van der Waals surface area contributed by atoms with Crippen molar-refractivity contribution in [2.24, 2.45) is 5.92 Å². The highest BCUT2D eigenvalue weighted by Crippen LogP contribution is 2.12. The van der Waals surface area contributed by atoms with Gasteiger partial charge in [-0.15, -0.1) is 0 Å². The van der Waals surface area contributed by atoms with Crippen molar-refractivity contribution < 1.29 is 14.7 Å². The van der Waals surface area contributed by atoms with Crippen molar-refractivity contribution in [3.63, 3.8) is 0 Å². The first-order valence-corrected chi connectivity index (χ1v) is 5.77. The molecule has 1 aliphatic heterocycles. The van der Waals surface area contributed by atoms with Gasteiger partial charge in [-0.3, -0.25) is 9.59 Å². The van der Waals surface area contributed by atoms with Crippen molar-refractivity contribution in [1.82, 2.24) is 10.2 Å². The molecule has 0 aromatic heterocycles. The Bertz CT molecular complexity index is 256. The minimum Gasteiger partial charge on any atom is -0.396 e. The Kier molecular flexibility index (Phi) is 5.25. The third-order valence-corrected chi connectivity index (χ3v) is 2.85. The molecule has 92 valence electrons. The van der Waals surface area contributed by atoms with Crippen LogP contribution in [-0.2, 0) is 9.59 Å². The van der Waals surface area contributed by atoms with Gasteiger partial charge in [0.05, 0.1) is 5.92 Å². The molecule has 1 rings (SSSR count). The van der Waals surface area contributed by atoms with E-state index in [4.69, 9.17) is 5.11 Å². The highest BCUT2D eigenvalue weighted by Gasteiger charge is 2.29. The van der Waals surface area contributed by atoms with Gasteiger partial charge in [-0.2, -0.15) is 0 Å². The number of aliphatic hydroxyl groups is 1. The molecule has 0 radical (unpaired) electrons. The van der Waals surface area contributed by atoms with E-state index in [0.29, 0.717) is 19.5 Å². The summed E-state index contributed by atoms with van der Waals surface area (Å²) in [5.74, 6) is -0.176. The van der Waals surface area contributed by atoms with Crippen LogP contribution in [0.4, 0.5) is 0 Å². The lowest BCUT2D eigenvalue weighted by molar-refractivity contribution is -0.134. The summed E-state index contributed by atoms with van der Waals surface area (Å²) in [5, 5.41) is 11.3. The Labute approximate surface area is 95.8 Å². The maximum atomic E-state index is 11.8. The van der Waals surface area contributed by atoms with Gasteiger partial charge in [-0.25, -0.2) is 0 Å². The number of nitrogens with one attached hydrogen (secondary N) is 1. The summed E-state index contributed by atoms with van der Waals surface area (Å²) >= 11 is 0. The molecule has 1 fully saturated rings. The summed E-state index contributed by atoms with van der Waals surface area (Å²) < 4.78 is 0. The first-order chi connectivity index (χ1) is 7.65. The minimum absolute atomic E-state index is 0.0352. The molecule has 2 amide bonds. The van der Waals surface area contributed by atoms with Gasteiger partial charge in [-0.05, 0) is 19.3 Å². The predicted octanol–water partition coefficient (Wildman–Crippen LogP) is -0.257. The predicted molar refractivity (Wildman–Crippen MR) is 59.7 cm³/mol. The van der Waals surface area contributed by atoms with Gasteiger partial charge in [0.2, 0.25) is 11.8 Å². The Morgan fingerprint density at radius 2 is 2.25 bits per heavy atom. The number of rotatable bonds is 6. The molecule has 0 aromatic rings. The lowest BCUT2D eigenvalue weighted by Gasteiger charge is -2.19. The molecular weight excluding hydrogens is 208 g/mol. The quantitative estimate of drug-likeness (QED) is 0.616. The van der Waals surface area contributed by atoms with Crippen LogP contribution in [0.3, 0.4) is 0 Å². The summed E-state index contributed by atoms with van der Waals surface area (Å²) in [6.07, 6.45) is 2.93. The third kappa shape index (κ3) is 3.81. The second kappa shape index (κ2) is 6.48. The normalized spacial score (nSPS) is 19.6. The van der Waals surface area contributed by atoms with E-state index in [2.05, 4.69) is 5.32 Å². The second-order valence-electron chi connectivity index (χ2n) is 4.25. The summed E-state index contributed by atoms with van der Waals surface area (Å²) in [4.78, 5) is 24.5. The number of nitrogens with zero attached hydrogens (tertiary/aromatic N) is 1. The topological polar surface area (TPSA) is 69.6 Å². The van der Waals surface area contributed by atoms with Crippen LogP contribution in [-0.4, -0.2) is 48.6 Å². The molecule has 0 spiro atoms. The van der Waals surface area contributed by atoms with E-state index in [9.17, 15) is 9.59 Å². The van der Waals surface area contributed by atoms with E-state index in [1.807, 2.05) is 0 Å². The maximum absolute atomic E-state index is 11.8. The molecule has 0 bridgehead atoms. The van der Waals surface area contributed by atoms with Gasteiger partial charge in [0.1, 0.15) is 0 Å². The van der Waals surface area contributed by atoms with Crippen LogP contribution in [0.25, 0.3) is 0 Å². The molecule has 0 aliphatic carbocycles. The monoisotopic (exact) mass is 228 g/mol. The van der Waals surface area contributed by atoms with Crippen molar-refractivity contribution in [1.29, 1.82) is 0 Å². The van der Waals surface area contributed by atoms with Crippen molar-refractivity contribution in [3.8, 4) is 0 Å². The number of amides is 2. The average molecular weight is 228 g/mol. The van der Waals surface area contributed by atoms with Crippen molar-refractivity contribution in [2.45, 2.75) is 25.7 Å². The zero-order valence-corrected chi connectivity index (χ0v) is 9.74. The van der Waals surface area contributed by atoms with Crippen LogP contribution in [0.15, 0.2) is 0 Å². The molecule has 1 unspecified atom stereocenters. The molecule has 1 heterocycles. The number of unbranched alkanes of at least 4 members (excludes halogenated alkanes) is 2. The Morgan fingerprint density at radius 3 is 2.81 bits per heavy atom. The maximum Gasteiger partial charge on any atom is 0.227 e. The van der Waals surface area contributed by atoms with E-state index in [-0.39, 0.29) is 24.3 Å². The van der Waals surface area contributed by atoms with Gasteiger partial charge in [-0.1, -0.05) is 0 Å². The average Bonchev–Trinajstić information content (AvgIpc) is 2.70. The lowest BCUT2D eigenvalue weighted by Crippen LogP contribution is -2.34. The van der Waals surface area contributed by atoms with Crippen LogP contribution < -0.4 is 5.32 Å². The molecule has 1 aliphatic rings. The van der Waals surface area contributed by atoms with Gasteiger partial charge in [0.15, 0.2) is 0 Å². The largest absolute Gasteiger partial charge is 0.396 e. The number of hydrogen-bond acceptors (Lipinski definition) is 3. The molecule has 2 N–H and O–H groups in total. The summed E-state index contributed by atoms with van der Waals surface area (Å²) in [6, 6.07) is 0. The Balaban J connectivity index is 2.22. The van der Waals surface area contributed by atoms with Gasteiger partial charge < -0.3 is 15.3 Å². The van der Waals surface area contributed by atoms with Crippen LogP contribution in [0.5, 0.6) is 0 Å². The smallest absolute Gasteiger partial charge is 0.227 e. The first-order valence-electron chi connectivity index (χ1n) is 5.77. The van der Waals surface area contributed by atoms with E-state index < -0.39 is 0 Å². The Morgan fingerprint density at radius 1 is 1.50 bits per heavy atom. The zero-order chi connectivity index (χ0) is 12.0. The Hall–Kier alpha value is -1.10. The second-order valence-corrected chi connectivity index (χ2v) is 4.25. The third-order valence-electron chi connectivity index (χ3n) is 2.85. The molecule has 0 saturated carbocycles. The van der Waals surface area contributed by atoms with E-state index in [1.54, 1.807) is 11.9 Å². The zero-order valence-electron chi connectivity index (χ0n) is 9.74. The molecule has 0 aromatic carbocycles. The number of aliphatic hydroxyl groups excluding tert-OH is 1. The van der Waals surface area contributed by atoms with E-state index >= 15 is 0 Å². The fraction of sp³-hybridized carbons (Fsp3) is 0.818. The molecule has 16 heavy (non-hydrogen) atoms. The minimum atomic E-state index is -0.185. The summed E-state index contributed by atoms with van der Waals surface area (Å²) in [7, 11) is 1.77. The van der Waals surface area contributed by atoms with Gasteiger partial charge in [0, 0.05) is 33.2 Å². The molecule has 1 saturated heterocycles. The molecule has 5 nitrogen and oxygen atoms in total. The number of hydrogen-bond donors (Lipinski definition) is 2. The van der Waals surface area contributed by atoms with Gasteiger partial charge in [0.25, 0.3) is 0 Å². The van der Waals surface area contributed by atoms with Crippen LogP contribution >= 0.6 is 0 Å². The van der Waals surface area contributed by atoms with Crippen LogP contribution in [0.1, 0.15) is 25.7 Å². The van der Waals surface area contributed by atoms with E-state index in [1.165, 1.54) is 0 Å². The highest BCUT2D eigenvalue weighted by molar-refractivity contribution is 5.89. The van der Waals surface area contributed by atoms with Crippen molar-refractivity contribution in [2.75, 3.05) is 26.7 Å².